The molecule has 3 rings (SSSR count). The predicted molar refractivity (Wildman–Crippen MR) is 87.0 cm³/mol. The van der Waals surface area contributed by atoms with E-state index in [4.69, 9.17) is 14.3 Å². The molecule has 126 valence electrons. The number of hydrogen-bond acceptors (Lipinski definition) is 6. The Bertz CT molecular complexity index is 898. The second kappa shape index (κ2) is 6.96. The zero-order chi connectivity index (χ0) is 17.8. The van der Waals surface area contributed by atoms with Crippen LogP contribution < -0.4 is 0 Å². The average Bonchev–Trinajstić information content (AvgIpc) is 3.06. The summed E-state index contributed by atoms with van der Waals surface area (Å²) in [5, 5.41) is 16.5. The summed E-state index contributed by atoms with van der Waals surface area (Å²) in [5.41, 5.74) is 1.99. The van der Waals surface area contributed by atoms with Crippen molar-refractivity contribution in [2.45, 2.75) is 13.5 Å². The van der Waals surface area contributed by atoms with Gasteiger partial charge in [0.05, 0.1) is 11.1 Å². The molecule has 0 bridgehead atoms. The lowest BCUT2D eigenvalue weighted by molar-refractivity contribution is 0.0472. The third kappa shape index (κ3) is 3.89. The van der Waals surface area contributed by atoms with Crippen LogP contribution in [0.15, 0.2) is 52.9 Å². The first kappa shape index (κ1) is 16.4. The summed E-state index contributed by atoms with van der Waals surface area (Å²) in [6, 6.07) is 12.8. The summed E-state index contributed by atoms with van der Waals surface area (Å²) < 4.78 is 10.5. The van der Waals surface area contributed by atoms with E-state index >= 15 is 0 Å². The Morgan fingerprint density at radius 1 is 1.00 bits per heavy atom. The van der Waals surface area contributed by atoms with Crippen molar-refractivity contribution in [2.75, 3.05) is 0 Å². The van der Waals surface area contributed by atoms with Gasteiger partial charge in [0.2, 0.25) is 11.8 Å². The molecule has 7 heteroatoms. The molecule has 1 N–H and O–H groups in total. The van der Waals surface area contributed by atoms with E-state index < -0.39 is 11.9 Å². The van der Waals surface area contributed by atoms with Gasteiger partial charge in [-0.3, -0.25) is 0 Å². The molecule has 0 aliphatic heterocycles. The molecular formula is C18H14N2O5. The molecular weight excluding hydrogens is 324 g/mol. The number of nitrogens with zero attached hydrogens (tertiary/aromatic N) is 2. The van der Waals surface area contributed by atoms with Gasteiger partial charge < -0.3 is 14.3 Å². The van der Waals surface area contributed by atoms with Crippen LogP contribution in [0, 0.1) is 6.92 Å². The van der Waals surface area contributed by atoms with Crippen LogP contribution in [-0.4, -0.2) is 27.2 Å². The predicted octanol–water partition coefficient (Wildman–Crippen LogP) is 3.10. The maximum Gasteiger partial charge on any atom is 0.338 e. The first-order chi connectivity index (χ1) is 12.0. The highest BCUT2D eigenvalue weighted by molar-refractivity contribution is 5.90. The smallest absolute Gasteiger partial charge is 0.338 e. The molecule has 0 atom stereocenters. The van der Waals surface area contributed by atoms with Gasteiger partial charge in [-0.05, 0) is 42.0 Å². The topological polar surface area (TPSA) is 103 Å². The fourth-order valence-corrected chi connectivity index (χ4v) is 2.14. The molecule has 0 radical (unpaired) electrons. The molecule has 1 aromatic heterocycles. The molecule has 0 saturated heterocycles. The second-order valence-electron chi connectivity index (χ2n) is 5.28. The lowest BCUT2D eigenvalue weighted by Gasteiger charge is -2.06. The lowest BCUT2D eigenvalue weighted by atomic mass is 10.1. The highest BCUT2D eigenvalue weighted by Crippen LogP contribution is 2.18. The fourth-order valence-electron chi connectivity index (χ4n) is 2.14. The number of carbonyl (C=O) groups excluding carboxylic acids is 1. The number of carboxylic acids is 1. The van der Waals surface area contributed by atoms with Crippen molar-refractivity contribution in [1.29, 1.82) is 0 Å². The van der Waals surface area contributed by atoms with Crippen molar-refractivity contribution in [3.8, 4) is 11.5 Å². The molecule has 0 aliphatic carbocycles. The molecule has 25 heavy (non-hydrogen) atoms. The minimum Gasteiger partial charge on any atom is -0.478 e. The molecule has 3 aromatic rings. The molecule has 0 amide bonds. The van der Waals surface area contributed by atoms with Crippen LogP contribution in [0.5, 0.6) is 0 Å². The first-order valence-corrected chi connectivity index (χ1v) is 7.43. The largest absolute Gasteiger partial charge is 0.478 e. The molecule has 7 nitrogen and oxygen atoms in total. The number of carbonyl (C=O) groups is 2. The van der Waals surface area contributed by atoms with Crippen molar-refractivity contribution in [2.24, 2.45) is 0 Å². The summed E-state index contributed by atoms with van der Waals surface area (Å²) >= 11 is 0. The van der Waals surface area contributed by atoms with Gasteiger partial charge in [0, 0.05) is 12.5 Å². The Morgan fingerprint density at radius 2 is 1.64 bits per heavy atom. The van der Waals surface area contributed by atoms with E-state index in [1.54, 1.807) is 43.3 Å². The number of benzene rings is 2. The van der Waals surface area contributed by atoms with Crippen LogP contribution >= 0.6 is 0 Å². The minimum absolute atomic E-state index is 0.0589. The summed E-state index contributed by atoms with van der Waals surface area (Å²) in [4.78, 5) is 22.9. The molecule has 0 unspecified atom stereocenters. The van der Waals surface area contributed by atoms with E-state index in [9.17, 15) is 9.59 Å². The van der Waals surface area contributed by atoms with E-state index in [1.807, 2.05) is 0 Å². The number of rotatable bonds is 5. The summed E-state index contributed by atoms with van der Waals surface area (Å²) in [6.07, 6.45) is 0. The fraction of sp³-hybridized carbons (Fsp3) is 0.111. The van der Waals surface area contributed by atoms with Crippen LogP contribution in [0.25, 0.3) is 11.5 Å². The van der Waals surface area contributed by atoms with Crippen LogP contribution in [0.1, 0.15) is 32.2 Å². The molecule has 0 fully saturated rings. The van der Waals surface area contributed by atoms with Crippen LogP contribution in [0.3, 0.4) is 0 Å². The summed E-state index contributed by atoms with van der Waals surface area (Å²) in [7, 11) is 0. The Labute approximate surface area is 142 Å². The summed E-state index contributed by atoms with van der Waals surface area (Å²) in [6.45, 7) is 1.76. The second-order valence-corrected chi connectivity index (χ2v) is 5.28. The van der Waals surface area contributed by atoms with Gasteiger partial charge in [0.15, 0.2) is 0 Å². The molecule has 2 aromatic carbocycles. The van der Waals surface area contributed by atoms with Crippen molar-refractivity contribution >= 4 is 11.9 Å². The maximum atomic E-state index is 12.1. The Kier molecular flexibility index (Phi) is 4.56. The van der Waals surface area contributed by atoms with Gasteiger partial charge in [0.1, 0.15) is 6.61 Å². The van der Waals surface area contributed by atoms with Crippen LogP contribution in [0.2, 0.25) is 0 Å². The van der Waals surface area contributed by atoms with Gasteiger partial charge in [-0.2, -0.15) is 0 Å². The molecule has 0 saturated carbocycles. The standard InChI is InChI=1S/C18H14N2O5/c1-11-19-20-16(25-11)13-6-8-15(9-7-13)18(23)24-10-12-2-4-14(5-3-12)17(21)22/h2-9H,10H2,1H3,(H,21,22). The number of carboxylic acid groups (broad SMARTS) is 1. The third-order valence-electron chi connectivity index (χ3n) is 3.46. The van der Waals surface area contributed by atoms with Crippen LogP contribution in [0.4, 0.5) is 0 Å². The van der Waals surface area contributed by atoms with E-state index in [2.05, 4.69) is 10.2 Å². The zero-order valence-corrected chi connectivity index (χ0v) is 13.3. The van der Waals surface area contributed by atoms with Gasteiger partial charge in [-0.1, -0.05) is 12.1 Å². The minimum atomic E-state index is -1.000. The molecule has 0 aliphatic rings. The zero-order valence-electron chi connectivity index (χ0n) is 13.3. The Hall–Kier alpha value is -3.48. The Balaban J connectivity index is 1.62. The number of ether oxygens (including phenoxy) is 1. The van der Waals surface area contributed by atoms with Gasteiger partial charge in [-0.15, -0.1) is 10.2 Å². The SMILES string of the molecule is Cc1nnc(-c2ccc(C(=O)OCc3ccc(C(=O)O)cc3)cc2)o1. The van der Waals surface area contributed by atoms with Gasteiger partial charge >= 0.3 is 11.9 Å². The quantitative estimate of drug-likeness (QED) is 0.713. The maximum absolute atomic E-state index is 12.1. The first-order valence-electron chi connectivity index (χ1n) is 7.43. The summed E-state index contributed by atoms with van der Waals surface area (Å²) in [5.74, 6) is -0.626. The third-order valence-corrected chi connectivity index (χ3v) is 3.46. The highest BCUT2D eigenvalue weighted by Gasteiger charge is 2.10. The van der Waals surface area contributed by atoms with Gasteiger partial charge in [-0.25, -0.2) is 9.59 Å². The van der Waals surface area contributed by atoms with E-state index in [-0.39, 0.29) is 12.2 Å². The molecule has 1 heterocycles. The monoisotopic (exact) mass is 338 g/mol. The number of aryl methyl sites for hydroxylation is 1. The number of hydrogen-bond donors (Lipinski definition) is 1. The Morgan fingerprint density at radius 3 is 2.20 bits per heavy atom. The molecule has 0 spiro atoms. The van der Waals surface area contributed by atoms with E-state index in [1.165, 1.54) is 12.1 Å². The van der Waals surface area contributed by atoms with Gasteiger partial charge in [0.25, 0.3) is 0 Å². The number of esters is 1. The van der Waals surface area contributed by atoms with Crippen molar-refractivity contribution in [3.05, 3.63) is 71.1 Å². The van der Waals surface area contributed by atoms with Crippen LogP contribution in [-0.2, 0) is 11.3 Å². The van der Waals surface area contributed by atoms with E-state index in [0.29, 0.717) is 28.5 Å². The lowest BCUT2D eigenvalue weighted by Crippen LogP contribution is -2.05. The van der Waals surface area contributed by atoms with Crippen molar-refractivity contribution in [1.82, 2.24) is 10.2 Å². The van der Waals surface area contributed by atoms with Crippen molar-refractivity contribution < 1.29 is 23.8 Å². The normalized spacial score (nSPS) is 10.4. The number of aromatic carboxylic acids is 1. The number of aromatic nitrogens is 2. The highest BCUT2D eigenvalue weighted by atomic mass is 16.5. The van der Waals surface area contributed by atoms with E-state index in [0.717, 1.165) is 0 Å². The van der Waals surface area contributed by atoms with Crippen molar-refractivity contribution in [3.63, 3.8) is 0 Å². The average molecular weight is 338 g/mol.